The molecule has 3 atom stereocenters. The first-order chi connectivity index (χ1) is 12.0. The molecule has 25 heavy (non-hydrogen) atoms. The van der Waals surface area contributed by atoms with Gasteiger partial charge in [-0.1, -0.05) is 26.7 Å². The van der Waals surface area contributed by atoms with E-state index in [9.17, 15) is 9.59 Å². The number of amides is 1. The number of aromatic nitrogens is 2. The molecule has 0 saturated heterocycles. The van der Waals surface area contributed by atoms with E-state index in [2.05, 4.69) is 29.1 Å². The number of hydrogen-bond acceptors (Lipinski definition) is 5. The molecule has 3 unspecified atom stereocenters. The number of fused-ring (bicyclic) bond motifs is 1. The van der Waals surface area contributed by atoms with E-state index in [-0.39, 0.29) is 18.6 Å². The smallest absolute Gasteiger partial charge is 0.338 e. The zero-order valence-electron chi connectivity index (χ0n) is 14.6. The molecule has 1 aliphatic carbocycles. The summed E-state index contributed by atoms with van der Waals surface area (Å²) in [5, 5.41) is 3.00. The molecule has 132 valence electrons. The van der Waals surface area contributed by atoms with Gasteiger partial charge in [0.25, 0.3) is 5.91 Å². The lowest BCUT2D eigenvalue weighted by Crippen LogP contribution is -2.45. The second-order valence-electron chi connectivity index (χ2n) is 6.78. The van der Waals surface area contributed by atoms with Crippen molar-refractivity contribution in [1.29, 1.82) is 0 Å². The van der Waals surface area contributed by atoms with Crippen molar-refractivity contribution in [2.45, 2.75) is 39.2 Å². The number of ether oxygens (including phenoxy) is 1. The number of esters is 1. The van der Waals surface area contributed by atoms with Crippen molar-refractivity contribution in [3.63, 3.8) is 0 Å². The number of carbonyl (C=O) groups excluding carboxylic acids is 2. The lowest BCUT2D eigenvalue weighted by molar-refractivity contribution is -0.125. The van der Waals surface area contributed by atoms with Crippen LogP contribution in [0.25, 0.3) is 11.0 Å². The van der Waals surface area contributed by atoms with Gasteiger partial charge in [0, 0.05) is 18.4 Å². The Morgan fingerprint density at radius 2 is 1.92 bits per heavy atom. The highest BCUT2D eigenvalue weighted by Gasteiger charge is 2.28. The van der Waals surface area contributed by atoms with E-state index in [1.165, 1.54) is 6.42 Å². The van der Waals surface area contributed by atoms with Gasteiger partial charge in [-0.2, -0.15) is 0 Å². The summed E-state index contributed by atoms with van der Waals surface area (Å²) in [5.74, 6) is 0.250. The van der Waals surface area contributed by atoms with E-state index in [0.717, 1.165) is 12.8 Å². The summed E-state index contributed by atoms with van der Waals surface area (Å²) in [7, 11) is 0. The second kappa shape index (κ2) is 7.59. The Labute approximate surface area is 147 Å². The number of nitrogens with one attached hydrogen (secondary N) is 1. The van der Waals surface area contributed by atoms with Crippen LogP contribution in [-0.4, -0.2) is 34.5 Å². The van der Waals surface area contributed by atoms with E-state index in [1.807, 2.05) is 0 Å². The number of rotatable bonds is 4. The highest BCUT2D eigenvalue weighted by Crippen LogP contribution is 2.29. The fourth-order valence-corrected chi connectivity index (χ4v) is 3.34. The van der Waals surface area contributed by atoms with Crippen molar-refractivity contribution < 1.29 is 14.3 Å². The van der Waals surface area contributed by atoms with Crippen molar-refractivity contribution in [2.24, 2.45) is 11.8 Å². The monoisotopic (exact) mass is 341 g/mol. The molecule has 1 aromatic heterocycles. The maximum absolute atomic E-state index is 12.2. The van der Waals surface area contributed by atoms with Crippen LogP contribution < -0.4 is 5.32 Å². The third-order valence-electron chi connectivity index (χ3n) is 5.09. The molecule has 6 heteroatoms. The van der Waals surface area contributed by atoms with Crippen molar-refractivity contribution >= 4 is 22.9 Å². The summed E-state index contributed by atoms with van der Waals surface area (Å²) in [6, 6.07) is 5.12. The normalized spacial score (nSPS) is 23.2. The summed E-state index contributed by atoms with van der Waals surface area (Å²) in [4.78, 5) is 32.6. The molecule has 0 bridgehead atoms. The number of hydrogen-bond donors (Lipinski definition) is 1. The average molecular weight is 341 g/mol. The predicted octanol–water partition coefficient (Wildman–Crippen LogP) is 2.73. The molecule has 1 aliphatic rings. The predicted molar refractivity (Wildman–Crippen MR) is 93.9 cm³/mol. The molecule has 1 N–H and O–H groups in total. The van der Waals surface area contributed by atoms with E-state index < -0.39 is 5.97 Å². The lowest BCUT2D eigenvalue weighted by atomic mass is 9.78. The van der Waals surface area contributed by atoms with Gasteiger partial charge in [0.15, 0.2) is 6.61 Å². The maximum atomic E-state index is 12.2. The van der Waals surface area contributed by atoms with Crippen LogP contribution in [0.15, 0.2) is 30.6 Å². The first-order valence-electron chi connectivity index (χ1n) is 8.72. The first kappa shape index (κ1) is 17.3. The van der Waals surface area contributed by atoms with Crippen LogP contribution in [0, 0.1) is 11.8 Å². The van der Waals surface area contributed by atoms with Gasteiger partial charge in [0.05, 0.1) is 16.6 Å². The van der Waals surface area contributed by atoms with Gasteiger partial charge in [-0.15, -0.1) is 0 Å². The summed E-state index contributed by atoms with van der Waals surface area (Å²) in [6.07, 6.45) is 6.46. The number of nitrogens with zero attached hydrogens (tertiary/aromatic N) is 2. The summed E-state index contributed by atoms with van der Waals surface area (Å²) >= 11 is 0. The van der Waals surface area contributed by atoms with Gasteiger partial charge in [-0.3, -0.25) is 14.8 Å². The molecule has 3 rings (SSSR count). The van der Waals surface area contributed by atoms with Gasteiger partial charge in [-0.25, -0.2) is 4.79 Å². The van der Waals surface area contributed by atoms with Crippen LogP contribution in [0.5, 0.6) is 0 Å². The summed E-state index contributed by atoms with van der Waals surface area (Å²) < 4.78 is 5.14. The van der Waals surface area contributed by atoms with Crippen molar-refractivity contribution in [1.82, 2.24) is 15.3 Å². The van der Waals surface area contributed by atoms with Crippen LogP contribution in [0.2, 0.25) is 0 Å². The molecular formula is C19H23N3O3. The minimum atomic E-state index is -0.534. The molecule has 1 amide bonds. The maximum Gasteiger partial charge on any atom is 0.338 e. The molecule has 2 aromatic rings. The van der Waals surface area contributed by atoms with E-state index in [4.69, 9.17) is 4.74 Å². The SMILES string of the molecule is CC1CCCC(NC(=O)COC(=O)c2ccc3nccnc3c2)C1C. The van der Waals surface area contributed by atoms with Crippen LogP contribution in [0.3, 0.4) is 0 Å². The van der Waals surface area contributed by atoms with Crippen LogP contribution in [0.4, 0.5) is 0 Å². The highest BCUT2D eigenvalue weighted by atomic mass is 16.5. The van der Waals surface area contributed by atoms with Gasteiger partial charge in [-0.05, 0) is 36.5 Å². The average Bonchev–Trinajstić information content (AvgIpc) is 2.63. The van der Waals surface area contributed by atoms with Gasteiger partial charge < -0.3 is 10.1 Å². The minimum absolute atomic E-state index is 0.158. The Bertz CT molecular complexity index is 777. The van der Waals surface area contributed by atoms with Gasteiger partial charge in [0.2, 0.25) is 0 Å². The quantitative estimate of drug-likeness (QED) is 0.865. The largest absolute Gasteiger partial charge is 0.452 e. The molecule has 1 fully saturated rings. The Balaban J connectivity index is 1.55. The second-order valence-corrected chi connectivity index (χ2v) is 6.78. The van der Waals surface area contributed by atoms with Gasteiger partial charge in [0.1, 0.15) is 0 Å². The zero-order chi connectivity index (χ0) is 17.8. The molecule has 0 spiro atoms. The van der Waals surface area contributed by atoms with Crippen molar-refractivity contribution in [3.05, 3.63) is 36.2 Å². The molecular weight excluding hydrogens is 318 g/mol. The molecule has 1 saturated carbocycles. The van der Waals surface area contributed by atoms with E-state index in [0.29, 0.717) is 28.4 Å². The third-order valence-corrected chi connectivity index (χ3v) is 5.09. The van der Waals surface area contributed by atoms with Gasteiger partial charge >= 0.3 is 5.97 Å². The molecule has 1 aromatic carbocycles. The van der Waals surface area contributed by atoms with Crippen LogP contribution in [-0.2, 0) is 9.53 Å². The Morgan fingerprint density at radius 1 is 1.16 bits per heavy atom. The highest BCUT2D eigenvalue weighted by molar-refractivity contribution is 5.94. The van der Waals surface area contributed by atoms with Crippen molar-refractivity contribution in [2.75, 3.05) is 6.61 Å². The molecule has 0 radical (unpaired) electrons. The Hall–Kier alpha value is -2.50. The first-order valence-corrected chi connectivity index (χ1v) is 8.72. The Morgan fingerprint density at radius 3 is 2.72 bits per heavy atom. The Kier molecular flexibility index (Phi) is 5.26. The molecule has 0 aliphatic heterocycles. The molecule has 1 heterocycles. The van der Waals surface area contributed by atoms with E-state index >= 15 is 0 Å². The number of benzene rings is 1. The fraction of sp³-hybridized carbons (Fsp3) is 0.474. The third kappa shape index (κ3) is 4.13. The summed E-state index contributed by atoms with van der Waals surface area (Å²) in [6.45, 7) is 4.11. The standard InChI is InChI=1S/C19H23N3O3/c1-12-4-3-5-15(13(12)2)22-18(23)11-25-19(24)14-6-7-16-17(10-14)21-9-8-20-16/h6-10,12-13,15H,3-5,11H2,1-2H3,(H,22,23). The zero-order valence-corrected chi connectivity index (χ0v) is 14.6. The van der Waals surface area contributed by atoms with Crippen LogP contribution in [0.1, 0.15) is 43.5 Å². The number of carbonyl (C=O) groups is 2. The topological polar surface area (TPSA) is 81.2 Å². The fourth-order valence-electron chi connectivity index (χ4n) is 3.34. The lowest BCUT2D eigenvalue weighted by Gasteiger charge is -2.34. The van der Waals surface area contributed by atoms with Crippen molar-refractivity contribution in [3.8, 4) is 0 Å². The van der Waals surface area contributed by atoms with Crippen LogP contribution >= 0.6 is 0 Å². The molecule has 6 nitrogen and oxygen atoms in total. The summed E-state index contributed by atoms with van der Waals surface area (Å²) in [5.41, 5.74) is 1.68. The van der Waals surface area contributed by atoms with E-state index in [1.54, 1.807) is 30.6 Å². The minimum Gasteiger partial charge on any atom is -0.452 e.